The van der Waals surface area contributed by atoms with Gasteiger partial charge in [-0.15, -0.1) is 0 Å². The van der Waals surface area contributed by atoms with Crippen molar-refractivity contribution in [2.24, 2.45) is 5.92 Å². The third-order valence-electron chi connectivity index (χ3n) is 5.05. The van der Waals surface area contributed by atoms with Gasteiger partial charge in [0.1, 0.15) is 29.5 Å². The van der Waals surface area contributed by atoms with Crippen molar-refractivity contribution in [3.63, 3.8) is 0 Å². The number of hydrogen-bond acceptors (Lipinski definition) is 7. The Hall–Kier alpha value is -4.15. The van der Waals surface area contributed by atoms with Gasteiger partial charge < -0.3 is 14.9 Å². The summed E-state index contributed by atoms with van der Waals surface area (Å²) in [5.41, 5.74) is 1.64. The molecule has 0 fully saturated rings. The maximum absolute atomic E-state index is 14.4. The summed E-state index contributed by atoms with van der Waals surface area (Å²) < 4.78 is 35.1. The van der Waals surface area contributed by atoms with E-state index in [0.717, 1.165) is 6.20 Å². The number of aliphatic carboxylic acids is 1. The molecule has 176 valence electrons. The molecule has 4 aromatic rings. The Bertz CT molecular complexity index is 1290. The average molecular weight is 468 g/mol. The van der Waals surface area contributed by atoms with Crippen molar-refractivity contribution in [3.05, 3.63) is 66.1 Å². The molecule has 0 saturated heterocycles. The highest BCUT2D eigenvalue weighted by Crippen LogP contribution is 2.26. The molecule has 11 heteroatoms. The standard InChI is InChI=1S/C23H22F2N6O3/c1-13(2)9-19(23(32)33)27-21-16(25)11-26-22(28-21)18-10-20(17-7-8-34-30-17)31(29-18)12-14-5-3-4-6-15(14)24/h3-8,10-11,13,19H,9,12H2,1-2H3,(H,32,33)(H,26,27,28). The first kappa shape index (κ1) is 23.0. The van der Waals surface area contributed by atoms with Crippen molar-refractivity contribution in [1.82, 2.24) is 24.9 Å². The quantitative estimate of drug-likeness (QED) is 0.375. The second-order valence-corrected chi connectivity index (χ2v) is 8.10. The van der Waals surface area contributed by atoms with E-state index >= 15 is 0 Å². The lowest BCUT2D eigenvalue weighted by Crippen LogP contribution is -2.31. The van der Waals surface area contributed by atoms with Crippen LogP contribution in [-0.2, 0) is 11.3 Å². The fourth-order valence-electron chi connectivity index (χ4n) is 3.44. The van der Waals surface area contributed by atoms with Gasteiger partial charge in [0.25, 0.3) is 0 Å². The van der Waals surface area contributed by atoms with Gasteiger partial charge in [0.05, 0.1) is 18.4 Å². The number of carbonyl (C=O) groups is 1. The first-order valence-corrected chi connectivity index (χ1v) is 10.6. The number of carboxylic acids is 1. The van der Waals surface area contributed by atoms with E-state index in [2.05, 4.69) is 25.5 Å². The van der Waals surface area contributed by atoms with E-state index in [0.29, 0.717) is 17.0 Å². The highest BCUT2D eigenvalue weighted by atomic mass is 19.1. The lowest BCUT2D eigenvalue weighted by atomic mass is 10.0. The third-order valence-corrected chi connectivity index (χ3v) is 5.05. The summed E-state index contributed by atoms with van der Waals surface area (Å²) in [6, 6.07) is 8.53. The summed E-state index contributed by atoms with van der Waals surface area (Å²) in [6.45, 7) is 3.83. The van der Waals surface area contributed by atoms with Crippen LogP contribution in [0.25, 0.3) is 22.9 Å². The zero-order valence-corrected chi connectivity index (χ0v) is 18.4. The van der Waals surface area contributed by atoms with Crippen LogP contribution < -0.4 is 5.32 Å². The lowest BCUT2D eigenvalue weighted by molar-refractivity contribution is -0.138. The summed E-state index contributed by atoms with van der Waals surface area (Å²) >= 11 is 0. The van der Waals surface area contributed by atoms with E-state index in [1.54, 1.807) is 30.3 Å². The van der Waals surface area contributed by atoms with Crippen LogP contribution in [0.3, 0.4) is 0 Å². The van der Waals surface area contributed by atoms with Crippen LogP contribution in [0.4, 0.5) is 14.6 Å². The van der Waals surface area contributed by atoms with Crippen LogP contribution in [0.15, 0.2) is 53.4 Å². The predicted molar refractivity (Wildman–Crippen MR) is 119 cm³/mol. The molecule has 9 nitrogen and oxygen atoms in total. The third kappa shape index (κ3) is 5.08. The molecule has 0 amide bonds. The number of hydrogen-bond donors (Lipinski definition) is 2. The predicted octanol–water partition coefficient (Wildman–Crippen LogP) is 4.23. The molecule has 1 atom stereocenters. The molecule has 0 bridgehead atoms. The molecular weight excluding hydrogens is 446 g/mol. The number of nitrogens with zero attached hydrogens (tertiary/aromatic N) is 5. The smallest absolute Gasteiger partial charge is 0.326 e. The molecule has 1 unspecified atom stereocenters. The minimum absolute atomic E-state index is 0.0645. The molecule has 0 aliphatic carbocycles. The van der Waals surface area contributed by atoms with E-state index in [4.69, 9.17) is 4.52 Å². The summed E-state index contributed by atoms with van der Waals surface area (Å²) in [5, 5.41) is 20.5. The van der Waals surface area contributed by atoms with Crippen molar-refractivity contribution < 1.29 is 23.2 Å². The normalized spacial score (nSPS) is 12.1. The summed E-state index contributed by atoms with van der Waals surface area (Å²) in [4.78, 5) is 19.8. The number of rotatable bonds is 9. The van der Waals surface area contributed by atoms with Crippen LogP contribution >= 0.6 is 0 Å². The summed E-state index contributed by atoms with van der Waals surface area (Å²) in [6.07, 6.45) is 2.62. The minimum atomic E-state index is -1.12. The van der Waals surface area contributed by atoms with Gasteiger partial charge in [0.15, 0.2) is 17.5 Å². The van der Waals surface area contributed by atoms with Crippen molar-refractivity contribution in [2.45, 2.75) is 32.9 Å². The van der Waals surface area contributed by atoms with Gasteiger partial charge in [-0.25, -0.2) is 23.5 Å². The number of anilines is 1. The van der Waals surface area contributed by atoms with Gasteiger partial charge in [-0.3, -0.25) is 4.68 Å². The summed E-state index contributed by atoms with van der Waals surface area (Å²) in [5.74, 6) is -2.41. The molecule has 34 heavy (non-hydrogen) atoms. The van der Waals surface area contributed by atoms with Crippen molar-refractivity contribution in [1.29, 1.82) is 0 Å². The van der Waals surface area contributed by atoms with E-state index in [-0.39, 0.29) is 42.0 Å². The molecule has 2 N–H and O–H groups in total. The van der Waals surface area contributed by atoms with E-state index in [9.17, 15) is 18.7 Å². The van der Waals surface area contributed by atoms with Crippen molar-refractivity contribution in [3.8, 4) is 22.9 Å². The molecule has 0 aliphatic rings. The first-order valence-electron chi connectivity index (χ1n) is 10.6. The van der Waals surface area contributed by atoms with Gasteiger partial charge >= 0.3 is 5.97 Å². The topological polar surface area (TPSA) is 119 Å². The molecule has 0 radical (unpaired) electrons. The number of carboxylic acid groups (broad SMARTS) is 1. The van der Waals surface area contributed by atoms with Crippen LogP contribution in [0.1, 0.15) is 25.8 Å². The Morgan fingerprint density at radius 3 is 2.65 bits per heavy atom. The van der Waals surface area contributed by atoms with E-state index in [1.165, 1.54) is 17.0 Å². The lowest BCUT2D eigenvalue weighted by Gasteiger charge is -2.17. The van der Waals surface area contributed by atoms with E-state index < -0.39 is 17.8 Å². The minimum Gasteiger partial charge on any atom is -0.480 e. The second kappa shape index (κ2) is 9.77. The van der Waals surface area contributed by atoms with Crippen molar-refractivity contribution >= 4 is 11.8 Å². The molecule has 0 spiro atoms. The monoisotopic (exact) mass is 468 g/mol. The Kier molecular flexibility index (Phi) is 6.62. The highest BCUT2D eigenvalue weighted by molar-refractivity contribution is 5.77. The van der Waals surface area contributed by atoms with Crippen LogP contribution in [-0.4, -0.2) is 42.0 Å². The van der Waals surface area contributed by atoms with Gasteiger partial charge in [-0.2, -0.15) is 5.10 Å². The van der Waals surface area contributed by atoms with E-state index in [1.807, 2.05) is 13.8 Å². The molecule has 0 aliphatic heterocycles. The zero-order valence-electron chi connectivity index (χ0n) is 18.4. The Morgan fingerprint density at radius 1 is 1.18 bits per heavy atom. The second-order valence-electron chi connectivity index (χ2n) is 8.10. The van der Waals surface area contributed by atoms with Crippen LogP contribution in [0.2, 0.25) is 0 Å². The van der Waals surface area contributed by atoms with Gasteiger partial charge in [-0.05, 0) is 24.5 Å². The van der Waals surface area contributed by atoms with Gasteiger partial charge in [-0.1, -0.05) is 37.2 Å². The fourth-order valence-corrected chi connectivity index (χ4v) is 3.44. The van der Waals surface area contributed by atoms with Gasteiger partial charge in [0, 0.05) is 11.6 Å². The summed E-state index contributed by atoms with van der Waals surface area (Å²) in [7, 11) is 0. The number of halogens is 2. The zero-order chi connectivity index (χ0) is 24.2. The largest absolute Gasteiger partial charge is 0.480 e. The Balaban J connectivity index is 1.71. The number of benzene rings is 1. The SMILES string of the molecule is CC(C)CC(Nc1nc(-c2cc(-c3ccon3)n(Cc3ccccc3F)n2)ncc1F)C(=O)O. The number of aromatic nitrogens is 5. The Morgan fingerprint density at radius 2 is 1.97 bits per heavy atom. The molecule has 3 heterocycles. The maximum atomic E-state index is 14.4. The molecule has 0 saturated carbocycles. The van der Waals surface area contributed by atoms with Crippen molar-refractivity contribution in [2.75, 3.05) is 5.32 Å². The fraction of sp³-hybridized carbons (Fsp3) is 0.261. The molecule has 3 aromatic heterocycles. The van der Waals surface area contributed by atoms with Gasteiger partial charge in [0.2, 0.25) is 0 Å². The maximum Gasteiger partial charge on any atom is 0.326 e. The first-order chi connectivity index (χ1) is 16.3. The van der Waals surface area contributed by atoms with Crippen LogP contribution in [0, 0.1) is 17.6 Å². The molecule has 4 rings (SSSR count). The molecule has 1 aromatic carbocycles. The van der Waals surface area contributed by atoms with Crippen LogP contribution in [0.5, 0.6) is 0 Å². The highest BCUT2D eigenvalue weighted by Gasteiger charge is 2.23. The Labute approximate surface area is 193 Å². The number of nitrogens with one attached hydrogen (secondary N) is 1. The average Bonchev–Trinajstić information content (AvgIpc) is 3.46. The molecular formula is C23H22F2N6O3.